The van der Waals surface area contributed by atoms with E-state index >= 15 is 0 Å². The van der Waals surface area contributed by atoms with E-state index in [9.17, 15) is 9.59 Å². The van der Waals surface area contributed by atoms with Gasteiger partial charge in [-0.2, -0.15) is 5.10 Å². The van der Waals surface area contributed by atoms with E-state index in [1.54, 1.807) is 36.0 Å². The quantitative estimate of drug-likeness (QED) is 0.194. The molecule has 39 heavy (non-hydrogen) atoms. The number of esters is 1. The Morgan fingerprint density at radius 3 is 2.49 bits per heavy atom. The van der Waals surface area contributed by atoms with Crippen LogP contribution in [0.2, 0.25) is 10.0 Å². The third-order valence-electron chi connectivity index (χ3n) is 6.00. The molecule has 0 aliphatic rings. The molecule has 0 radical (unpaired) electrons. The first-order valence-corrected chi connectivity index (χ1v) is 13.4. The lowest BCUT2D eigenvalue weighted by Crippen LogP contribution is -2.34. The first-order valence-electron chi connectivity index (χ1n) is 11.8. The van der Waals surface area contributed by atoms with Crippen molar-refractivity contribution in [3.63, 3.8) is 0 Å². The van der Waals surface area contributed by atoms with Crippen LogP contribution < -0.4 is 4.90 Å². The van der Waals surface area contributed by atoms with Gasteiger partial charge in [0.2, 0.25) is 0 Å². The van der Waals surface area contributed by atoms with Crippen molar-refractivity contribution in [1.82, 2.24) is 14.6 Å². The standard InChI is InChI=1S/C28H22Cl2N4O4S/c1-37-13-12-33(27(35)20-9-8-19(29)14-21(20)30)23-16-24(39-26(23)28(36)38-2)18-6-4-17(5-7-18)22-15-25-31-10-3-11-34(25)32-22/h3-11,14-16H,12-13H2,1-2H3. The lowest BCUT2D eigenvalue weighted by Gasteiger charge is -2.23. The van der Waals surface area contributed by atoms with Crippen molar-refractivity contribution in [2.45, 2.75) is 0 Å². The van der Waals surface area contributed by atoms with Crippen LogP contribution in [0.15, 0.2) is 73.1 Å². The van der Waals surface area contributed by atoms with Crippen LogP contribution in [0.1, 0.15) is 20.0 Å². The number of ether oxygens (including phenoxy) is 2. The van der Waals surface area contributed by atoms with Crippen LogP contribution >= 0.6 is 34.5 Å². The molecule has 0 bridgehead atoms. The number of benzene rings is 2. The number of nitrogens with zero attached hydrogens (tertiary/aromatic N) is 4. The molecule has 0 saturated carbocycles. The lowest BCUT2D eigenvalue weighted by molar-refractivity contribution is 0.0607. The number of carbonyl (C=O) groups is 2. The van der Waals surface area contributed by atoms with Gasteiger partial charge in [0.15, 0.2) is 5.65 Å². The highest BCUT2D eigenvalue weighted by Gasteiger charge is 2.28. The van der Waals surface area contributed by atoms with Gasteiger partial charge in [-0.3, -0.25) is 4.79 Å². The fraction of sp³-hybridized carbons (Fsp3) is 0.143. The van der Waals surface area contributed by atoms with E-state index in [4.69, 9.17) is 32.7 Å². The van der Waals surface area contributed by atoms with E-state index in [1.807, 2.05) is 42.6 Å². The maximum Gasteiger partial charge on any atom is 0.350 e. The van der Waals surface area contributed by atoms with E-state index in [1.165, 1.54) is 29.4 Å². The summed E-state index contributed by atoms with van der Waals surface area (Å²) in [6.45, 7) is 0.431. The maximum atomic E-state index is 13.6. The van der Waals surface area contributed by atoms with E-state index in [2.05, 4.69) is 10.1 Å². The number of halogens is 2. The average Bonchev–Trinajstić information content (AvgIpc) is 3.58. The highest BCUT2D eigenvalue weighted by molar-refractivity contribution is 7.18. The van der Waals surface area contributed by atoms with E-state index in [-0.39, 0.29) is 34.5 Å². The molecule has 1 amide bonds. The molecule has 5 rings (SSSR count). The summed E-state index contributed by atoms with van der Waals surface area (Å²) in [4.78, 5) is 33.3. The Kier molecular flexibility index (Phi) is 7.94. The Morgan fingerprint density at radius 1 is 1.03 bits per heavy atom. The number of hydrogen-bond acceptors (Lipinski definition) is 7. The smallest absolute Gasteiger partial charge is 0.350 e. The van der Waals surface area contributed by atoms with Gasteiger partial charge >= 0.3 is 5.97 Å². The number of methoxy groups -OCH3 is 2. The maximum absolute atomic E-state index is 13.6. The lowest BCUT2D eigenvalue weighted by atomic mass is 10.1. The van der Waals surface area contributed by atoms with Gasteiger partial charge in [0.25, 0.3) is 5.91 Å². The minimum Gasteiger partial charge on any atom is -0.465 e. The minimum absolute atomic E-state index is 0.190. The van der Waals surface area contributed by atoms with Crippen LogP contribution in [0.3, 0.4) is 0 Å². The number of fused-ring (bicyclic) bond motifs is 1. The first kappa shape index (κ1) is 26.8. The van der Waals surface area contributed by atoms with Gasteiger partial charge in [-0.15, -0.1) is 11.3 Å². The predicted molar refractivity (Wildman–Crippen MR) is 153 cm³/mol. The van der Waals surface area contributed by atoms with Crippen LogP contribution in [-0.4, -0.2) is 53.8 Å². The summed E-state index contributed by atoms with van der Waals surface area (Å²) in [5.74, 6) is -0.938. The third kappa shape index (κ3) is 5.53. The van der Waals surface area contributed by atoms with Crippen molar-refractivity contribution in [3.8, 4) is 21.7 Å². The third-order valence-corrected chi connectivity index (χ3v) is 7.70. The Bertz CT molecular complexity index is 1630. The van der Waals surface area contributed by atoms with Gasteiger partial charge in [0, 0.05) is 47.6 Å². The van der Waals surface area contributed by atoms with E-state index in [0.717, 1.165) is 27.3 Å². The van der Waals surface area contributed by atoms with Crippen LogP contribution in [-0.2, 0) is 9.47 Å². The molecule has 198 valence electrons. The molecule has 0 aliphatic heterocycles. The summed E-state index contributed by atoms with van der Waals surface area (Å²) in [5, 5.41) is 5.20. The Morgan fingerprint density at radius 2 is 1.79 bits per heavy atom. The molecule has 3 heterocycles. The van der Waals surface area contributed by atoms with E-state index < -0.39 is 5.97 Å². The summed E-state index contributed by atoms with van der Waals surface area (Å²) in [6, 6.07) is 18.0. The van der Waals surface area contributed by atoms with Crippen molar-refractivity contribution < 1.29 is 19.1 Å². The molecule has 3 aromatic heterocycles. The largest absolute Gasteiger partial charge is 0.465 e. The SMILES string of the molecule is COCCN(C(=O)c1ccc(Cl)cc1Cl)c1cc(-c2ccc(-c3cc4ncccn4n3)cc2)sc1C(=O)OC. The molecule has 8 nitrogen and oxygen atoms in total. The van der Waals surface area contributed by atoms with Crippen LogP contribution in [0, 0.1) is 0 Å². The fourth-order valence-corrected chi connectivity index (χ4v) is 5.64. The Hall–Kier alpha value is -3.76. The molecule has 0 aliphatic carbocycles. The van der Waals surface area contributed by atoms with E-state index in [0.29, 0.717) is 10.7 Å². The van der Waals surface area contributed by atoms with Crippen LogP contribution in [0.25, 0.3) is 27.3 Å². The van der Waals surface area contributed by atoms with Crippen LogP contribution in [0.5, 0.6) is 0 Å². The zero-order valence-corrected chi connectivity index (χ0v) is 23.3. The zero-order chi connectivity index (χ0) is 27.5. The number of thiophene rings is 1. The van der Waals surface area contributed by atoms with Crippen LogP contribution in [0.4, 0.5) is 5.69 Å². The van der Waals surface area contributed by atoms with Crippen molar-refractivity contribution >= 4 is 57.7 Å². The van der Waals surface area contributed by atoms with Gasteiger partial charge in [-0.05, 0) is 35.9 Å². The number of hydrogen-bond donors (Lipinski definition) is 0. The minimum atomic E-state index is -0.549. The number of aromatic nitrogens is 3. The van der Waals surface area contributed by atoms with Gasteiger partial charge in [-0.1, -0.05) is 47.5 Å². The van der Waals surface area contributed by atoms with Gasteiger partial charge < -0.3 is 14.4 Å². The predicted octanol–water partition coefficient (Wildman–Crippen LogP) is 6.51. The molecule has 2 aromatic carbocycles. The molecule has 0 atom stereocenters. The number of rotatable bonds is 8. The molecular formula is C28H22Cl2N4O4S. The highest BCUT2D eigenvalue weighted by atomic mass is 35.5. The highest BCUT2D eigenvalue weighted by Crippen LogP contribution is 2.39. The number of carbonyl (C=O) groups excluding carboxylic acids is 2. The molecular weight excluding hydrogens is 559 g/mol. The zero-order valence-electron chi connectivity index (χ0n) is 20.9. The van der Waals surface area contributed by atoms with Gasteiger partial charge in [-0.25, -0.2) is 14.3 Å². The second kappa shape index (κ2) is 11.5. The second-order valence-electron chi connectivity index (χ2n) is 8.42. The molecule has 0 fully saturated rings. The summed E-state index contributed by atoms with van der Waals surface area (Å²) < 4.78 is 12.0. The molecule has 5 aromatic rings. The molecule has 0 N–H and O–H groups in total. The van der Waals surface area contributed by atoms with Crippen molar-refractivity contribution in [1.29, 1.82) is 0 Å². The topological polar surface area (TPSA) is 86.0 Å². The van der Waals surface area contributed by atoms with Crippen molar-refractivity contribution in [2.75, 3.05) is 32.3 Å². The summed E-state index contributed by atoms with van der Waals surface area (Å²) in [7, 11) is 2.85. The molecule has 0 saturated heterocycles. The molecule has 0 unspecified atom stereocenters. The molecule has 0 spiro atoms. The summed E-state index contributed by atoms with van der Waals surface area (Å²) in [6.07, 6.45) is 3.56. The average molecular weight is 581 g/mol. The molecule has 11 heteroatoms. The monoisotopic (exact) mass is 580 g/mol. The Labute approximate surface area is 238 Å². The number of anilines is 1. The van der Waals surface area contributed by atoms with Gasteiger partial charge in [0.1, 0.15) is 4.88 Å². The summed E-state index contributed by atoms with van der Waals surface area (Å²) in [5.41, 5.74) is 3.99. The summed E-state index contributed by atoms with van der Waals surface area (Å²) >= 11 is 13.6. The van der Waals surface area contributed by atoms with Crippen molar-refractivity contribution in [3.05, 3.63) is 93.5 Å². The van der Waals surface area contributed by atoms with Gasteiger partial charge in [0.05, 0.1) is 35.7 Å². The normalized spacial score (nSPS) is 11.1. The number of amides is 1. The second-order valence-corrected chi connectivity index (χ2v) is 10.3. The first-order chi connectivity index (χ1) is 18.9. The fourth-order valence-electron chi connectivity index (χ4n) is 4.06. The Balaban J connectivity index is 1.53. The van der Waals surface area contributed by atoms with Crippen molar-refractivity contribution in [2.24, 2.45) is 0 Å².